The fourth-order valence-electron chi connectivity index (χ4n) is 2.50. The maximum atomic E-state index is 10.6. The van der Waals surface area contributed by atoms with Crippen LogP contribution in [0.2, 0.25) is 5.02 Å². The van der Waals surface area contributed by atoms with Crippen LogP contribution in [-0.4, -0.2) is 5.11 Å². The van der Waals surface area contributed by atoms with Crippen LogP contribution in [0.15, 0.2) is 34.8 Å². The Kier molecular flexibility index (Phi) is 4.34. The molecule has 1 atom stereocenters. The Bertz CT molecular complexity index is 599. The van der Waals surface area contributed by atoms with Gasteiger partial charge in [0.05, 0.1) is 0 Å². The van der Waals surface area contributed by atoms with E-state index in [0.29, 0.717) is 5.02 Å². The Labute approximate surface area is 127 Å². The zero-order valence-corrected chi connectivity index (χ0v) is 13.5. The summed E-state index contributed by atoms with van der Waals surface area (Å²) in [5, 5.41) is 11.2. The number of hydrogen-bond donors (Lipinski definition) is 1. The molecular formula is C16H16BrClO. The van der Waals surface area contributed by atoms with Gasteiger partial charge >= 0.3 is 0 Å². The van der Waals surface area contributed by atoms with Crippen LogP contribution in [0.4, 0.5) is 0 Å². The van der Waals surface area contributed by atoms with Gasteiger partial charge in [-0.3, -0.25) is 0 Å². The molecular weight excluding hydrogens is 324 g/mol. The molecule has 2 aromatic rings. The van der Waals surface area contributed by atoms with Gasteiger partial charge in [0.15, 0.2) is 0 Å². The zero-order chi connectivity index (χ0) is 14.2. The van der Waals surface area contributed by atoms with Gasteiger partial charge < -0.3 is 5.11 Å². The molecule has 0 aliphatic rings. The number of rotatable bonds is 2. The van der Waals surface area contributed by atoms with Crippen LogP contribution in [0.3, 0.4) is 0 Å². The molecule has 0 radical (unpaired) electrons. The van der Waals surface area contributed by atoms with Crippen molar-refractivity contribution in [1.29, 1.82) is 0 Å². The summed E-state index contributed by atoms with van der Waals surface area (Å²) in [7, 11) is 0. The van der Waals surface area contributed by atoms with Gasteiger partial charge in [-0.1, -0.05) is 51.3 Å². The molecule has 0 aliphatic heterocycles. The summed E-state index contributed by atoms with van der Waals surface area (Å²) < 4.78 is 0.908. The second kappa shape index (κ2) is 5.66. The molecule has 100 valence electrons. The summed E-state index contributed by atoms with van der Waals surface area (Å²) in [6.45, 7) is 6.10. The number of aliphatic hydroxyl groups is 1. The monoisotopic (exact) mass is 338 g/mol. The standard InChI is InChI=1S/C16H16BrClO/c1-9-6-10(2)15(11(3)7-9)16(19)13-5-4-12(17)8-14(13)18/h4-8,16,19H,1-3H3. The second-order valence-corrected chi connectivity index (χ2v) is 6.20. The van der Waals surface area contributed by atoms with Crippen molar-refractivity contribution in [3.05, 3.63) is 67.6 Å². The first-order valence-electron chi connectivity index (χ1n) is 6.11. The highest BCUT2D eigenvalue weighted by Gasteiger charge is 2.18. The number of aliphatic hydroxyl groups excluding tert-OH is 1. The van der Waals surface area contributed by atoms with E-state index in [0.717, 1.165) is 26.7 Å². The summed E-state index contributed by atoms with van der Waals surface area (Å²) >= 11 is 9.59. The molecule has 2 aromatic carbocycles. The Morgan fingerprint density at radius 2 is 1.63 bits per heavy atom. The first kappa shape index (κ1) is 14.6. The minimum absolute atomic E-state index is 0.571. The predicted molar refractivity (Wildman–Crippen MR) is 83.9 cm³/mol. The molecule has 0 heterocycles. The average Bonchev–Trinajstić information content (AvgIpc) is 2.26. The normalized spacial score (nSPS) is 12.5. The molecule has 3 heteroatoms. The third kappa shape index (κ3) is 3.02. The molecule has 2 rings (SSSR count). The van der Waals surface area contributed by atoms with Crippen LogP contribution in [0.5, 0.6) is 0 Å². The van der Waals surface area contributed by atoms with Gasteiger partial charge in [-0.05, 0) is 49.6 Å². The highest BCUT2D eigenvalue weighted by molar-refractivity contribution is 9.10. The largest absolute Gasteiger partial charge is 0.384 e. The molecule has 19 heavy (non-hydrogen) atoms. The van der Waals surface area contributed by atoms with Crippen molar-refractivity contribution in [2.24, 2.45) is 0 Å². The Morgan fingerprint density at radius 3 is 2.16 bits per heavy atom. The fourth-order valence-corrected chi connectivity index (χ4v) is 3.28. The lowest BCUT2D eigenvalue weighted by Gasteiger charge is -2.19. The molecule has 1 nitrogen and oxygen atoms in total. The number of benzene rings is 2. The predicted octanol–water partition coefficient (Wildman–Crippen LogP) is 5.11. The smallest absolute Gasteiger partial charge is 0.106 e. The van der Waals surface area contributed by atoms with Crippen LogP contribution in [0.25, 0.3) is 0 Å². The summed E-state index contributed by atoms with van der Waals surface area (Å²) in [5.41, 5.74) is 5.05. The maximum absolute atomic E-state index is 10.6. The minimum atomic E-state index is -0.693. The van der Waals surface area contributed by atoms with Gasteiger partial charge in [0.2, 0.25) is 0 Å². The van der Waals surface area contributed by atoms with E-state index in [4.69, 9.17) is 11.6 Å². The summed E-state index contributed by atoms with van der Waals surface area (Å²) in [6, 6.07) is 9.72. The van der Waals surface area contributed by atoms with E-state index in [-0.39, 0.29) is 0 Å². The Morgan fingerprint density at radius 1 is 1.05 bits per heavy atom. The topological polar surface area (TPSA) is 20.2 Å². The van der Waals surface area contributed by atoms with Gasteiger partial charge in [-0.15, -0.1) is 0 Å². The number of aryl methyl sites for hydroxylation is 3. The number of hydrogen-bond acceptors (Lipinski definition) is 1. The van der Waals surface area contributed by atoms with Crippen LogP contribution in [0, 0.1) is 20.8 Å². The lowest BCUT2D eigenvalue weighted by molar-refractivity contribution is 0.219. The first-order valence-corrected chi connectivity index (χ1v) is 7.28. The molecule has 0 saturated heterocycles. The third-order valence-corrected chi connectivity index (χ3v) is 4.09. The van der Waals surface area contributed by atoms with Crippen molar-refractivity contribution in [3.8, 4) is 0 Å². The van der Waals surface area contributed by atoms with Crippen molar-refractivity contribution in [1.82, 2.24) is 0 Å². The van der Waals surface area contributed by atoms with E-state index in [2.05, 4.69) is 35.0 Å². The van der Waals surface area contributed by atoms with E-state index in [9.17, 15) is 5.11 Å². The van der Waals surface area contributed by atoms with Crippen LogP contribution in [0.1, 0.15) is 33.9 Å². The molecule has 0 aliphatic carbocycles. The molecule has 0 fully saturated rings. The van der Waals surface area contributed by atoms with Crippen LogP contribution in [-0.2, 0) is 0 Å². The summed E-state index contributed by atoms with van der Waals surface area (Å²) in [4.78, 5) is 0. The summed E-state index contributed by atoms with van der Waals surface area (Å²) in [5.74, 6) is 0. The van der Waals surface area contributed by atoms with Gasteiger partial charge in [0.1, 0.15) is 6.10 Å². The first-order chi connectivity index (χ1) is 8.90. The van der Waals surface area contributed by atoms with Gasteiger partial charge in [-0.25, -0.2) is 0 Å². The van der Waals surface area contributed by atoms with Gasteiger partial charge in [0.25, 0.3) is 0 Å². The SMILES string of the molecule is Cc1cc(C)c(C(O)c2ccc(Br)cc2Cl)c(C)c1. The molecule has 0 saturated carbocycles. The van der Waals surface area contributed by atoms with Crippen molar-refractivity contribution in [2.75, 3.05) is 0 Å². The lowest BCUT2D eigenvalue weighted by Crippen LogP contribution is -2.05. The van der Waals surface area contributed by atoms with Crippen molar-refractivity contribution < 1.29 is 5.11 Å². The number of halogens is 2. The van der Waals surface area contributed by atoms with E-state index < -0.39 is 6.10 Å². The highest BCUT2D eigenvalue weighted by Crippen LogP contribution is 2.33. The molecule has 0 aromatic heterocycles. The van der Waals surface area contributed by atoms with E-state index in [1.165, 1.54) is 5.56 Å². The minimum Gasteiger partial charge on any atom is -0.384 e. The third-order valence-electron chi connectivity index (χ3n) is 3.27. The summed E-state index contributed by atoms with van der Waals surface area (Å²) in [6.07, 6.45) is -0.693. The lowest BCUT2D eigenvalue weighted by atomic mass is 9.92. The second-order valence-electron chi connectivity index (χ2n) is 4.88. The quantitative estimate of drug-likeness (QED) is 0.806. The molecule has 0 amide bonds. The fraction of sp³-hybridized carbons (Fsp3) is 0.250. The van der Waals surface area contributed by atoms with Crippen molar-refractivity contribution in [2.45, 2.75) is 26.9 Å². The molecule has 1 unspecified atom stereocenters. The molecule has 0 bridgehead atoms. The van der Waals surface area contributed by atoms with Crippen molar-refractivity contribution in [3.63, 3.8) is 0 Å². The van der Waals surface area contributed by atoms with E-state index >= 15 is 0 Å². The Balaban J connectivity index is 2.53. The maximum Gasteiger partial charge on any atom is 0.106 e. The van der Waals surface area contributed by atoms with E-state index in [1.807, 2.05) is 26.0 Å². The van der Waals surface area contributed by atoms with Crippen LogP contribution >= 0.6 is 27.5 Å². The van der Waals surface area contributed by atoms with Gasteiger partial charge in [0, 0.05) is 15.1 Å². The zero-order valence-electron chi connectivity index (χ0n) is 11.2. The van der Waals surface area contributed by atoms with Crippen molar-refractivity contribution >= 4 is 27.5 Å². The molecule has 1 N–H and O–H groups in total. The Hall–Kier alpha value is -0.830. The van der Waals surface area contributed by atoms with Crippen LogP contribution < -0.4 is 0 Å². The highest BCUT2D eigenvalue weighted by atomic mass is 79.9. The van der Waals surface area contributed by atoms with Gasteiger partial charge in [-0.2, -0.15) is 0 Å². The van der Waals surface area contributed by atoms with E-state index in [1.54, 1.807) is 6.07 Å². The average molecular weight is 340 g/mol. The molecule has 0 spiro atoms.